The maximum atomic E-state index is 13.2. The van der Waals surface area contributed by atoms with Crippen LogP contribution in [-0.4, -0.2) is 69.9 Å². The molecule has 0 radical (unpaired) electrons. The molecule has 2 aliphatic rings. The van der Waals surface area contributed by atoms with E-state index < -0.39 is 25.0 Å². The van der Waals surface area contributed by atoms with Crippen LogP contribution in [-0.2, 0) is 24.8 Å². The van der Waals surface area contributed by atoms with Crippen molar-refractivity contribution in [2.45, 2.75) is 37.6 Å². The van der Waals surface area contributed by atoms with Gasteiger partial charge in [-0.2, -0.15) is 4.31 Å². The highest BCUT2D eigenvalue weighted by atomic mass is 32.2. The molecule has 12 nitrogen and oxygen atoms in total. The van der Waals surface area contributed by atoms with Gasteiger partial charge < -0.3 is 10.2 Å². The summed E-state index contributed by atoms with van der Waals surface area (Å²) in [6.45, 7) is 3.76. The largest absolute Gasteiger partial charge is 0.365 e. The second-order valence-corrected chi connectivity index (χ2v) is 11.9. The minimum absolute atomic E-state index is 0.0337. The zero-order valence-corrected chi connectivity index (χ0v) is 19.5. The van der Waals surface area contributed by atoms with E-state index in [9.17, 15) is 31.7 Å². The molecule has 0 aromatic heterocycles. The maximum Gasteiger partial charge on any atom is 0.296 e. The van der Waals surface area contributed by atoms with E-state index in [-0.39, 0.29) is 71.6 Å². The van der Waals surface area contributed by atoms with Crippen molar-refractivity contribution in [2.75, 3.05) is 36.8 Å². The van der Waals surface area contributed by atoms with Gasteiger partial charge >= 0.3 is 0 Å². The molecular formula is C18H27N5O7S2. The number of benzene rings is 1. The number of nitrogens with two attached hydrogens (primary N) is 1. The van der Waals surface area contributed by atoms with Crippen molar-refractivity contribution in [3.63, 3.8) is 0 Å². The van der Waals surface area contributed by atoms with E-state index in [2.05, 4.69) is 5.32 Å². The molecule has 0 aliphatic carbocycles. The lowest BCUT2D eigenvalue weighted by atomic mass is 10.00. The molecular weight excluding hydrogens is 462 g/mol. The molecule has 3 rings (SSSR count). The van der Waals surface area contributed by atoms with Crippen molar-refractivity contribution in [1.29, 1.82) is 0 Å². The number of sulfonamides is 2. The monoisotopic (exact) mass is 489 g/mol. The first-order valence-electron chi connectivity index (χ1n) is 10.1. The van der Waals surface area contributed by atoms with Gasteiger partial charge in [0.05, 0.1) is 15.6 Å². The molecule has 2 fully saturated rings. The molecule has 0 unspecified atom stereocenters. The number of anilines is 1. The third-order valence-corrected chi connectivity index (χ3v) is 8.77. The third-order valence-electron chi connectivity index (χ3n) is 5.79. The Bertz CT molecular complexity index is 1120. The Kier molecular flexibility index (Phi) is 6.79. The van der Waals surface area contributed by atoms with Crippen LogP contribution in [0.25, 0.3) is 0 Å². The summed E-state index contributed by atoms with van der Waals surface area (Å²) in [6.07, 6.45) is 0.911. The first-order valence-corrected chi connectivity index (χ1v) is 13.3. The van der Waals surface area contributed by atoms with Crippen molar-refractivity contribution < 1.29 is 26.6 Å². The first-order chi connectivity index (χ1) is 14.8. The molecule has 1 amide bonds. The van der Waals surface area contributed by atoms with Gasteiger partial charge in [-0.05, 0) is 31.9 Å². The minimum atomic E-state index is -3.96. The number of rotatable bonds is 7. The average molecular weight is 490 g/mol. The van der Waals surface area contributed by atoms with Gasteiger partial charge in [0.25, 0.3) is 5.69 Å². The fraction of sp³-hybridized carbons (Fsp3) is 0.611. The summed E-state index contributed by atoms with van der Waals surface area (Å²) < 4.78 is 50.2. The molecule has 2 heterocycles. The maximum absolute atomic E-state index is 13.2. The molecule has 1 aromatic rings. The van der Waals surface area contributed by atoms with Crippen LogP contribution in [0.4, 0.5) is 11.4 Å². The van der Waals surface area contributed by atoms with Crippen LogP contribution in [0.15, 0.2) is 17.0 Å². The van der Waals surface area contributed by atoms with Crippen LogP contribution >= 0.6 is 0 Å². The van der Waals surface area contributed by atoms with Crippen LogP contribution in [0, 0.1) is 23.0 Å². The van der Waals surface area contributed by atoms with Gasteiger partial charge in [-0.25, -0.2) is 22.0 Å². The molecule has 178 valence electrons. The van der Waals surface area contributed by atoms with Gasteiger partial charge in [0.2, 0.25) is 26.0 Å². The number of carbonyl (C=O) groups is 1. The lowest BCUT2D eigenvalue weighted by Gasteiger charge is -2.40. The van der Waals surface area contributed by atoms with E-state index in [1.165, 1.54) is 30.3 Å². The SMILES string of the molecule is CC(=O)NC1CCN(S(=O)(=O)c2ccc(N3CC(CS(N)(=O)=O)C3)c([N+](=O)[O-])c2C)CC1. The Morgan fingerprint density at radius 2 is 1.81 bits per heavy atom. The summed E-state index contributed by atoms with van der Waals surface area (Å²) in [4.78, 5) is 23.9. The Labute approximate surface area is 187 Å². The standard InChI is InChI=1S/C18H27N5O7S2/c1-12-17(32(29,30)22-7-5-15(6-8-22)20-13(2)24)4-3-16(18(12)23(25)26)21-9-14(10-21)11-31(19,27)28/h3-4,14-15H,5-11H2,1-2H3,(H,20,24)(H2,19,27,28). The first kappa shape index (κ1) is 24.4. The van der Waals surface area contributed by atoms with E-state index in [1.807, 2.05) is 0 Å². The second-order valence-electron chi connectivity index (χ2n) is 8.29. The Hall–Kier alpha value is -2.29. The molecule has 2 aliphatic heterocycles. The molecule has 0 saturated carbocycles. The summed E-state index contributed by atoms with van der Waals surface area (Å²) in [5.41, 5.74) is -0.0267. The zero-order chi connectivity index (χ0) is 23.8. The number of hydrogen-bond acceptors (Lipinski definition) is 8. The molecule has 0 spiro atoms. The number of piperidine rings is 1. The van der Waals surface area contributed by atoms with E-state index in [4.69, 9.17) is 5.14 Å². The molecule has 1 aromatic carbocycles. The smallest absolute Gasteiger partial charge is 0.296 e. The van der Waals surface area contributed by atoms with E-state index in [0.29, 0.717) is 12.8 Å². The fourth-order valence-electron chi connectivity index (χ4n) is 4.30. The van der Waals surface area contributed by atoms with Gasteiger partial charge in [0.15, 0.2) is 0 Å². The Morgan fingerprint density at radius 1 is 1.22 bits per heavy atom. The average Bonchev–Trinajstić information content (AvgIpc) is 2.62. The summed E-state index contributed by atoms with van der Waals surface area (Å²) in [5, 5.41) is 19.6. The van der Waals surface area contributed by atoms with Crippen molar-refractivity contribution in [1.82, 2.24) is 9.62 Å². The fourth-order valence-corrected chi connectivity index (χ4v) is 6.86. The number of nitrogens with one attached hydrogen (secondary N) is 1. The van der Waals surface area contributed by atoms with E-state index in [0.717, 1.165) is 0 Å². The zero-order valence-electron chi connectivity index (χ0n) is 17.9. The van der Waals surface area contributed by atoms with Crippen LogP contribution in [0.1, 0.15) is 25.3 Å². The van der Waals surface area contributed by atoms with Crippen LogP contribution < -0.4 is 15.4 Å². The summed E-state index contributed by atoms with van der Waals surface area (Å²) >= 11 is 0. The Morgan fingerprint density at radius 3 is 2.31 bits per heavy atom. The van der Waals surface area contributed by atoms with Crippen molar-refractivity contribution in [3.05, 3.63) is 27.8 Å². The number of amides is 1. The van der Waals surface area contributed by atoms with E-state index >= 15 is 0 Å². The number of primary sulfonamides is 1. The van der Waals surface area contributed by atoms with E-state index in [1.54, 1.807) is 4.90 Å². The van der Waals surface area contributed by atoms with Crippen LogP contribution in [0.5, 0.6) is 0 Å². The summed E-state index contributed by atoms with van der Waals surface area (Å²) in [7, 11) is -7.61. The second kappa shape index (κ2) is 8.92. The van der Waals surface area contributed by atoms with Gasteiger partial charge in [0, 0.05) is 50.6 Å². The summed E-state index contributed by atoms with van der Waals surface area (Å²) in [5.74, 6) is -0.624. The lowest BCUT2D eigenvalue weighted by molar-refractivity contribution is -0.384. The molecule has 32 heavy (non-hydrogen) atoms. The molecule has 2 saturated heterocycles. The van der Waals surface area contributed by atoms with Gasteiger partial charge in [0.1, 0.15) is 5.69 Å². The van der Waals surface area contributed by atoms with Crippen molar-refractivity contribution in [3.8, 4) is 0 Å². The predicted molar refractivity (Wildman–Crippen MR) is 117 cm³/mol. The molecule has 0 bridgehead atoms. The van der Waals surface area contributed by atoms with Crippen molar-refractivity contribution in [2.24, 2.45) is 11.1 Å². The number of nitro groups is 1. The number of nitro benzene ring substituents is 1. The Balaban J connectivity index is 1.82. The third kappa shape index (κ3) is 5.19. The predicted octanol–water partition coefficient (Wildman–Crippen LogP) is -0.0829. The van der Waals surface area contributed by atoms with Gasteiger partial charge in [-0.3, -0.25) is 14.9 Å². The molecule has 0 atom stereocenters. The number of nitrogens with zero attached hydrogens (tertiary/aromatic N) is 3. The van der Waals surface area contributed by atoms with Crippen LogP contribution in [0.3, 0.4) is 0 Å². The number of hydrogen-bond donors (Lipinski definition) is 2. The topological polar surface area (TPSA) is 173 Å². The minimum Gasteiger partial charge on any atom is -0.365 e. The highest BCUT2D eigenvalue weighted by Crippen LogP contribution is 2.39. The number of carbonyl (C=O) groups excluding carboxylic acids is 1. The molecule has 14 heteroatoms. The highest BCUT2D eigenvalue weighted by molar-refractivity contribution is 7.89. The van der Waals surface area contributed by atoms with Gasteiger partial charge in [-0.1, -0.05) is 0 Å². The lowest BCUT2D eigenvalue weighted by Crippen LogP contribution is -2.50. The van der Waals surface area contributed by atoms with Crippen molar-refractivity contribution >= 4 is 37.3 Å². The highest BCUT2D eigenvalue weighted by Gasteiger charge is 2.37. The van der Waals surface area contributed by atoms with Crippen LogP contribution in [0.2, 0.25) is 0 Å². The quantitative estimate of drug-likeness (QED) is 0.395. The molecule has 3 N–H and O–H groups in total. The summed E-state index contributed by atoms with van der Waals surface area (Å²) in [6, 6.07) is 2.66. The van der Waals surface area contributed by atoms with Gasteiger partial charge in [-0.15, -0.1) is 0 Å². The normalized spacial score (nSPS) is 18.9.